The number of benzene rings is 2. The molecule has 0 bridgehead atoms. The molecule has 2 atom stereocenters. The highest BCUT2D eigenvalue weighted by Gasteiger charge is 2.44. The fourth-order valence-electron chi connectivity index (χ4n) is 5.18. The van der Waals surface area contributed by atoms with Crippen LogP contribution in [0.5, 0.6) is 17.2 Å². The van der Waals surface area contributed by atoms with Gasteiger partial charge in [-0.05, 0) is 77.7 Å². The maximum absolute atomic E-state index is 13.8. The number of hydrogen-bond donors (Lipinski definition) is 2. The van der Waals surface area contributed by atoms with Crippen molar-refractivity contribution in [1.82, 2.24) is 4.90 Å². The zero-order valence-corrected chi connectivity index (χ0v) is 23.2. The quantitative estimate of drug-likeness (QED) is 0.271. The summed E-state index contributed by atoms with van der Waals surface area (Å²) in [6.07, 6.45) is 1.36. The van der Waals surface area contributed by atoms with Crippen molar-refractivity contribution in [3.63, 3.8) is 0 Å². The first-order valence-corrected chi connectivity index (χ1v) is 13.5. The van der Waals surface area contributed by atoms with Crippen molar-refractivity contribution in [3.05, 3.63) is 57.1 Å². The number of aromatic hydroxyl groups is 1. The van der Waals surface area contributed by atoms with Crippen molar-refractivity contribution in [3.8, 4) is 17.2 Å². The minimum absolute atomic E-state index is 0.0145. The Hall–Kier alpha value is -3.04. The summed E-state index contributed by atoms with van der Waals surface area (Å²) in [6.45, 7) is 9.27. The van der Waals surface area contributed by atoms with E-state index in [1.54, 1.807) is 30.3 Å². The lowest BCUT2D eigenvalue weighted by Crippen LogP contribution is -3.11. The molecule has 0 spiro atoms. The number of nitrogens with zero attached hydrogens (tertiary/aromatic N) is 1. The maximum Gasteiger partial charge on any atom is 0.295 e. The van der Waals surface area contributed by atoms with Crippen molar-refractivity contribution in [2.24, 2.45) is 0 Å². The Morgan fingerprint density at radius 1 is 1.24 bits per heavy atom. The second-order valence-corrected chi connectivity index (χ2v) is 10.4. The zero-order valence-electron chi connectivity index (χ0n) is 21.6. The van der Waals surface area contributed by atoms with Gasteiger partial charge in [0, 0.05) is 25.0 Å². The van der Waals surface area contributed by atoms with Crippen LogP contribution in [0.2, 0.25) is 0 Å². The number of amides is 1. The summed E-state index contributed by atoms with van der Waals surface area (Å²) < 4.78 is 11.4. The third-order valence-electron chi connectivity index (χ3n) is 7.20. The number of rotatable bonds is 9. The van der Waals surface area contributed by atoms with E-state index in [0.29, 0.717) is 35.0 Å². The minimum atomic E-state index is -0.895. The largest absolute Gasteiger partial charge is 0.872 e. The fourth-order valence-corrected chi connectivity index (χ4v) is 5.64. The Balaban J connectivity index is 1.80. The Kier molecular flexibility index (Phi) is 8.14. The number of likely N-dealkylation sites (tertiary alicyclic amines) is 1. The van der Waals surface area contributed by atoms with E-state index in [2.05, 4.69) is 29.8 Å². The van der Waals surface area contributed by atoms with Gasteiger partial charge in [0.05, 0.1) is 37.3 Å². The van der Waals surface area contributed by atoms with Crippen LogP contribution in [0.1, 0.15) is 49.9 Å². The standard InChI is InChI=1S/C28H33BrN2O6/c1-5-30(6-2)10-7-11-31-24(19-14-20(29)26(33)22(15-19)36-4)23(27(34)28(31)35)25(32)17-8-9-21-18(13-17)12-16(3)37-21/h8-9,13-16,24,32-33H,5-7,10-12H2,1-4H3/b25-23+. The zero-order chi connectivity index (χ0) is 26.9. The first-order chi connectivity index (χ1) is 17.7. The lowest BCUT2D eigenvalue weighted by molar-refractivity contribution is -0.896. The SMILES string of the molecule is CC[NH+](CC)CCCN1C(=O)C(=O)/C(=C(/[O-])c2ccc3c(c2)CC(C)O3)C1c1cc(Br)c(O)c(OC)c1. The van der Waals surface area contributed by atoms with E-state index >= 15 is 0 Å². The van der Waals surface area contributed by atoms with E-state index < -0.39 is 23.5 Å². The van der Waals surface area contributed by atoms with Crippen LogP contribution in [0, 0.1) is 0 Å². The molecule has 0 saturated carbocycles. The summed E-state index contributed by atoms with van der Waals surface area (Å²) in [4.78, 5) is 29.5. The average molecular weight is 573 g/mol. The number of ether oxygens (including phenoxy) is 2. The van der Waals surface area contributed by atoms with Crippen molar-refractivity contribution in [2.45, 2.75) is 45.8 Å². The van der Waals surface area contributed by atoms with E-state index in [4.69, 9.17) is 9.47 Å². The van der Waals surface area contributed by atoms with Crippen molar-refractivity contribution < 1.29 is 34.2 Å². The molecule has 1 fully saturated rings. The highest BCUT2D eigenvalue weighted by atomic mass is 79.9. The van der Waals surface area contributed by atoms with E-state index in [9.17, 15) is 19.8 Å². The van der Waals surface area contributed by atoms with Crippen molar-refractivity contribution >= 4 is 33.4 Å². The van der Waals surface area contributed by atoms with Crippen LogP contribution in [-0.4, -0.2) is 61.1 Å². The summed E-state index contributed by atoms with van der Waals surface area (Å²) in [5.74, 6) is -1.15. The van der Waals surface area contributed by atoms with Crippen LogP contribution in [0.25, 0.3) is 5.76 Å². The monoisotopic (exact) mass is 572 g/mol. The van der Waals surface area contributed by atoms with Crippen LogP contribution in [0.3, 0.4) is 0 Å². The van der Waals surface area contributed by atoms with E-state index in [1.807, 2.05) is 6.92 Å². The Morgan fingerprint density at radius 3 is 2.65 bits per heavy atom. The molecule has 0 radical (unpaired) electrons. The van der Waals surface area contributed by atoms with Gasteiger partial charge in [-0.2, -0.15) is 0 Å². The number of carbonyl (C=O) groups excluding carboxylic acids is 2. The topological polar surface area (TPSA) is 104 Å². The smallest absolute Gasteiger partial charge is 0.295 e. The van der Waals surface area contributed by atoms with E-state index in [1.165, 1.54) is 16.9 Å². The number of Topliss-reactive ketones (excluding diaryl/α,β-unsaturated/α-hetero) is 1. The van der Waals surface area contributed by atoms with Gasteiger partial charge in [0.2, 0.25) is 5.78 Å². The van der Waals surface area contributed by atoms with E-state index in [0.717, 1.165) is 30.9 Å². The van der Waals surface area contributed by atoms with Gasteiger partial charge in [-0.3, -0.25) is 9.59 Å². The van der Waals surface area contributed by atoms with Crippen LogP contribution < -0.4 is 19.5 Å². The molecule has 2 N–H and O–H groups in total. The molecule has 8 nitrogen and oxygen atoms in total. The lowest BCUT2D eigenvalue weighted by atomic mass is 9.94. The molecule has 0 aromatic heterocycles. The third kappa shape index (κ3) is 5.20. The number of ketones is 1. The normalized spacial score (nSPS) is 20.4. The molecular weight excluding hydrogens is 540 g/mol. The summed E-state index contributed by atoms with van der Waals surface area (Å²) >= 11 is 3.34. The number of carbonyl (C=O) groups is 2. The molecule has 1 amide bonds. The minimum Gasteiger partial charge on any atom is -0.872 e. The predicted octanol–water partition coefficient (Wildman–Crippen LogP) is 2.03. The summed E-state index contributed by atoms with van der Waals surface area (Å²) in [6, 6.07) is 7.44. The van der Waals surface area contributed by atoms with Gasteiger partial charge < -0.3 is 29.5 Å². The van der Waals surface area contributed by atoms with Gasteiger partial charge in [0.25, 0.3) is 5.91 Å². The summed E-state index contributed by atoms with van der Waals surface area (Å²) in [7, 11) is 1.42. The number of nitrogens with one attached hydrogen (secondary N) is 1. The first kappa shape index (κ1) is 27.0. The van der Waals surface area contributed by atoms with Crippen LogP contribution in [0.4, 0.5) is 0 Å². The number of methoxy groups -OCH3 is 1. The van der Waals surface area contributed by atoms with Crippen LogP contribution in [0.15, 0.2) is 40.4 Å². The molecule has 198 valence electrons. The molecule has 1 saturated heterocycles. The third-order valence-corrected chi connectivity index (χ3v) is 7.81. The van der Waals surface area contributed by atoms with E-state index in [-0.39, 0.29) is 23.2 Å². The Labute approximate surface area is 225 Å². The molecular formula is C28H33BrN2O6. The fraction of sp³-hybridized carbons (Fsp3) is 0.429. The number of phenols is 1. The molecule has 2 unspecified atom stereocenters. The number of hydrogen-bond acceptors (Lipinski definition) is 6. The number of phenolic OH excluding ortho intramolecular Hbond substituents is 1. The van der Waals surface area contributed by atoms with Crippen molar-refractivity contribution in [2.75, 3.05) is 33.3 Å². The summed E-state index contributed by atoms with van der Waals surface area (Å²) in [5.41, 5.74) is 1.67. The molecule has 2 aliphatic rings. The molecule has 4 rings (SSSR count). The van der Waals surface area contributed by atoms with Gasteiger partial charge in [0.15, 0.2) is 11.5 Å². The predicted molar refractivity (Wildman–Crippen MR) is 141 cm³/mol. The van der Waals surface area contributed by atoms with Gasteiger partial charge in [-0.15, -0.1) is 0 Å². The molecule has 2 heterocycles. The Bertz CT molecular complexity index is 1240. The Morgan fingerprint density at radius 2 is 1.97 bits per heavy atom. The molecule has 0 aliphatic carbocycles. The first-order valence-electron chi connectivity index (χ1n) is 12.7. The number of halogens is 1. The van der Waals surface area contributed by atoms with Crippen LogP contribution in [-0.2, 0) is 16.0 Å². The van der Waals surface area contributed by atoms with Gasteiger partial charge in [0.1, 0.15) is 11.9 Å². The molecule has 2 aromatic rings. The highest BCUT2D eigenvalue weighted by molar-refractivity contribution is 9.10. The second-order valence-electron chi connectivity index (χ2n) is 9.54. The molecule has 9 heteroatoms. The van der Waals surface area contributed by atoms with Gasteiger partial charge in [-0.25, -0.2) is 0 Å². The lowest BCUT2D eigenvalue weighted by Gasteiger charge is -2.28. The molecule has 2 aromatic carbocycles. The number of quaternary nitrogens is 1. The van der Waals surface area contributed by atoms with Gasteiger partial charge >= 0.3 is 0 Å². The maximum atomic E-state index is 13.8. The number of fused-ring (bicyclic) bond motifs is 1. The molecule has 2 aliphatic heterocycles. The average Bonchev–Trinajstić information content (AvgIpc) is 3.38. The molecule has 37 heavy (non-hydrogen) atoms. The van der Waals surface area contributed by atoms with Crippen LogP contribution >= 0.6 is 15.9 Å². The highest BCUT2D eigenvalue weighted by Crippen LogP contribution is 2.44. The van der Waals surface area contributed by atoms with Crippen molar-refractivity contribution in [1.29, 1.82) is 0 Å². The second kappa shape index (κ2) is 11.1. The van der Waals surface area contributed by atoms with Gasteiger partial charge in [-0.1, -0.05) is 11.8 Å². The summed E-state index contributed by atoms with van der Waals surface area (Å²) in [5, 5.41) is 24.2.